The van der Waals surface area contributed by atoms with Crippen LogP contribution < -0.4 is 5.73 Å². The maximum atomic E-state index is 9.21. The molecule has 54 valence electrons. The Labute approximate surface area is 59.8 Å². The predicted molar refractivity (Wildman–Crippen MR) is 40.5 cm³/mol. The van der Waals surface area contributed by atoms with Crippen molar-refractivity contribution in [3.8, 4) is 0 Å². The molecular formula is C6H13NOS. The lowest BCUT2D eigenvalue weighted by Crippen LogP contribution is -2.29. The van der Waals surface area contributed by atoms with Crippen molar-refractivity contribution in [3.05, 3.63) is 0 Å². The van der Waals surface area contributed by atoms with Gasteiger partial charge in [0, 0.05) is 11.8 Å². The van der Waals surface area contributed by atoms with Crippen LogP contribution in [0.25, 0.3) is 0 Å². The zero-order valence-corrected chi connectivity index (χ0v) is 6.23. The number of hydrogen-bond acceptors (Lipinski definition) is 3. The highest BCUT2D eigenvalue weighted by Crippen LogP contribution is 2.28. The third-order valence-electron chi connectivity index (χ3n) is 1.64. The molecule has 1 rings (SSSR count). The zero-order valence-electron chi connectivity index (χ0n) is 5.42. The second-order valence-electron chi connectivity index (χ2n) is 2.35. The minimum absolute atomic E-state index is 0.266. The molecule has 0 saturated carbocycles. The number of thioether (sulfide) groups is 1. The Kier molecular flexibility index (Phi) is 2.82. The lowest BCUT2D eigenvalue weighted by atomic mass is 10.2. The van der Waals surface area contributed by atoms with Crippen LogP contribution in [-0.4, -0.2) is 28.8 Å². The molecule has 0 spiro atoms. The standard InChI is InChI=1S/C6H13NOS/c7-4-5(8)6-2-1-3-9-6/h5-6,8H,1-4,7H2/t5-,6?/m1/s1. The van der Waals surface area contributed by atoms with Gasteiger partial charge in [0.05, 0.1) is 6.10 Å². The Bertz CT molecular complexity index is 83.1. The summed E-state index contributed by atoms with van der Waals surface area (Å²) in [7, 11) is 0. The first-order valence-corrected chi connectivity index (χ1v) is 4.39. The van der Waals surface area contributed by atoms with Crippen LogP contribution in [0.1, 0.15) is 12.8 Å². The molecule has 1 saturated heterocycles. The van der Waals surface area contributed by atoms with Crippen LogP contribution in [0, 0.1) is 0 Å². The van der Waals surface area contributed by atoms with Gasteiger partial charge in [-0.05, 0) is 18.6 Å². The van der Waals surface area contributed by atoms with Crippen LogP contribution in [0.2, 0.25) is 0 Å². The molecule has 1 aliphatic rings. The van der Waals surface area contributed by atoms with Crippen molar-refractivity contribution < 1.29 is 5.11 Å². The molecule has 3 N–H and O–H groups in total. The first kappa shape index (κ1) is 7.38. The summed E-state index contributed by atoms with van der Waals surface area (Å²) in [5, 5.41) is 9.64. The van der Waals surface area contributed by atoms with Crippen LogP contribution >= 0.6 is 11.8 Å². The second-order valence-corrected chi connectivity index (χ2v) is 3.70. The molecule has 2 nitrogen and oxygen atoms in total. The lowest BCUT2D eigenvalue weighted by molar-refractivity contribution is 0.178. The van der Waals surface area contributed by atoms with Gasteiger partial charge in [-0.1, -0.05) is 0 Å². The maximum Gasteiger partial charge on any atom is 0.0780 e. The Morgan fingerprint density at radius 2 is 2.56 bits per heavy atom. The first-order valence-electron chi connectivity index (χ1n) is 3.34. The summed E-state index contributed by atoms with van der Waals surface area (Å²) < 4.78 is 0. The molecule has 0 amide bonds. The van der Waals surface area contributed by atoms with Crippen molar-refractivity contribution in [1.29, 1.82) is 0 Å². The second kappa shape index (κ2) is 3.44. The zero-order chi connectivity index (χ0) is 6.69. The summed E-state index contributed by atoms with van der Waals surface area (Å²) in [5.74, 6) is 1.20. The average Bonchev–Trinajstić information content (AvgIpc) is 2.37. The molecule has 1 unspecified atom stereocenters. The van der Waals surface area contributed by atoms with E-state index in [0.29, 0.717) is 11.8 Å². The maximum absolute atomic E-state index is 9.21. The highest BCUT2D eigenvalue weighted by atomic mass is 32.2. The molecule has 0 aliphatic carbocycles. The highest BCUT2D eigenvalue weighted by Gasteiger charge is 2.21. The minimum atomic E-state index is -0.266. The Hall–Kier alpha value is 0.270. The van der Waals surface area contributed by atoms with E-state index in [1.807, 2.05) is 11.8 Å². The normalized spacial score (nSPS) is 30.7. The Morgan fingerprint density at radius 1 is 1.78 bits per heavy atom. The molecule has 2 atom stereocenters. The molecule has 0 radical (unpaired) electrons. The van der Waals surface area contributed by atoms with Gasteiger partial charge in [0.2, 0.25) is 0 Å². The monoisotopic (exact) mass is 147 g/mol. The molecule has 3 heteroatoms. The predicted octanol–water partition coefficient (Wildman–Crippen LogP) is 0.202. The van der Waals surface area contributed by atoms with Crippen molar-refractivity contribution in [2.75, 3.05) is 12.3 Å². The molecule has 1 aliphatic heterocycles. The van der Waals surface area contributed by atoms with E-state index in [4.69, 9.17) is 5.73 Å². The largest absolute Gasteiger partial charge is 0.391 e. The summed E-state index contributed by atoms with van der Waals surface area (Å²) in [6, 6.07) is 0. The summed E-state index contributed by atoms with van der Waals surface area (Å²) in [5.41, 5.74) is 5.29. The van der Waals surface area contributed by atoms with Gasteiger partial charge in [-0.15, -0.1) is 0 Å². The van der Waals surface area contributed by atoms with Gasteiger partial charge < -0.3 is 10.8 Å². The van der Waals surface area contributed by atoms with Crippen molar-refractivity contribution >= 4 is 11.8 Å². The molecule has 9 heavy (non-hydrogen) atoms. The van der Waals surface area contributed by atoms with Gasteiger partial charge in [-0.2, -0.15) is 11.8 Å². The summed E-state index contributed by atoms with van der Waals surface area (Å²) in [6.07, 6.45) is 2.12. The average molecular weight is 147 g/mol. The van der Waals surface area contributed by atoms with Crippen LogP contribution in [0.15, 0.2) is 0 Å². The topological polar surface area (TPSA) is 46.2 Å². The van der Waals surface area contributed by atoms with E-state index in [9.17, 15) is 5.11 Å². The summed E-state index contributed by atoms with van der Waals surface area (Å²) in [6.45, 7) is 0.414. The van der Waals surface area contributed by atoms with E-state index in [-0.39, 0.29) is 6.10 Å². The molecular weight excluding hydrogens is 134 g/mol. The summed E-state index contributed by atoms with van der Waals surface area (Å²) in [4.78, 5) is 0. The number of aliphatic hydroxyl groups excluding tert-OH is 1. The van der Waals surface area contributed by atoms with E-state index in [1.54, 1.807) is 0 Å². The van der Waals surface area contributed by atoms with Gasteiger partial charge in [0.25, 0.3) is 0 Å². The van der Waals surface area contributed by atoms with E-state index >= 15 is 0 Å². The van der Waals surface area contributed by atoms with Gasteiger partial charge in [0.1, 0.15) is 0 Å². The summed E-state index contributed by atoms with van der Waals surface area (Å²) >= 11 is 1.85. The van der Waals surface area contributed by atoms with E-state index in [2.05, 4.69) is 0 Å². The van der Waals surface area contributed by atoms with Crippen molar-refractivity contribution in [3.63, 3.8) is 0 Å². The van der Waals surface area contributed by atoms with Crippen molar-refractivity contribution in [2.24, 2.45) is 5.73 Å². The quantitative estimate of drug-likeness (QED) is 0.586. The Morgan fingerprint density at radius 3 is 3.00 bits per heavy atom. The third-order valence-corrected chi connectivity index (χ3v) is 3.14. The van der Waals surface area contributed by atoms with Crippen molar-refractivity contribution in [2.45, 2.75) is 24.2 Å². The van der Waals surface area contributed by atoms with Gasteiger partial charge in [-0.3, -0.25) is 0 Å². The first-order chi connectivity index (χ1) is 4.34. The van der Waals surface area contributed by atoms with E-state index < -0.39 is 0 Å². The number of nitrogens with two attached hydrogens (primary N) is 1. The SMILES string of the molecule is NC[C@@H](O)C1CCCS1. The molecule has 0 bridgehead atoms. The third kappa shape index (κ3) is 1.85. The minimum Gasteiger partial charge on any atom is -0.391 e. The molecule has 1 heterocycles. The van der Waals surface area contributed by atoms with Crippen LogP contribution in [-0.2, 0) is 0 Å². The highest BCUT2D eigenvalue weighted by molar-refractivity contribution is 8.00. The fourth-order valence-electron chi connectivity index (χ4n) is 1.06. The fraction of sp³-hybridized carbons (Fsp3) is 1.00. The molecule has 0 aromatic heterocycles. The van der Waals surface area contributed by atoms with E-state index in [0.717, 1.165) is 6.42 Å². The molecule has 0 aromatic rings. The fourth-order valence-corrected chi connectivity index (χ4v) is 2.36. The van der Waals surface area contributed by atoms with Crippen molar-refractivity contribution in [1.82, 2.24) is 0 Å². The smallest absolute Gasteiger partial charge is 0.0780 e. The number of rotatable bonds is 2. The Balaban J connectivity index is 2.24. The molecule has 0 aromatic carbocycles. The van der Waals surface area contributed by atoms with Gasteiger partial charge >= 0.3 is 0 Å². The van der Waals surface area contributed by atoms with Crippen LogP contribution in [0.3, 0.4) is 0 Å². The number of hydrogen-bond donors (Lipinski definition) is 2. The number of aliphatic hydroxyl groups is 1. The van der Waals surface area contributed by atoms with E-state index in [1.165, 1.54) is 12.2 Å². The van der Waals surface area contributed by atoms with Crippen LogP contribution in [0.5, 0.6) is 0 Å². The van der Waals surface area contributed by atoms with Gasteiger partial charge in [0.15, 0.2) is 0 Å². The van der Waals surface area contributed by atoms with Gasteiger partial charge in [-0.25, -0.2) is 0 Å². The lowest BCUT2D eigenvalue weighted by Gasteiger charge is -2.13. The van der Waals surface area contributed by atoms with Crippen LogP contribution in [0.4, 0.5) is 0 Å². The molecule has 1 fully saturated rings.